The number of nitrogens with zero attached hydrogens (tertiary/aromatic N) is 2. The lowest BCUT2D eigenvalue weighted by molar-refractivity contribution is -0.122. The van der Waals surface area contributed by atoms with E-state index in [-0.39, 0.29) is 11.6 Å². The van der Waals surface area contributed by atoms with Gasteiger partial charge in [0.15, 0.2) is 0 Å². The number of benzene rings is 2. The second-order valence-electron chi connectivity index (χ2n) is 7.04. The molecule has 1 fully saturated rings. The number of nitrogens with one attached hydrogen (secondary N) is 1. The number of para-hydroxylation sites is 1. The molecular weight excluding hydrogens is 390 g/mol. The molecule has 4 amide bonds. The zero-order valence-corrected chi connectivity index (χ0v) is 16.6. The van der Waals surface area contributed by atoms with Gasteiger partial charge in [0.1, 0.15) is 5.57 Å². The van der Waals surface area contributed by atoms with Crippen LogP contribution in [0.15, 0.2) is 60.3 Å². The first-order valence-corrected chi connectivity index (χ1v) is 9.51. The number of carbonyl (C=O) groups excluding carboxylic acids is 3. The van der Waals surface area contributed by atoms with E-state index in [1.165, 1.54) is 6.08 Å². The van der Waals surface area contributed by atoms with Crippen LogP contribution in [-0.2, 0) is 9.59 Å². The van der Waals surface area contributed by atoms with Crippen molar-refractivity contribution < 1.29 is 14.4 Å². The molecule has 1 saturated heterocycles. The van der Waals surface area contributed by atoms with E-state index in [1.807, 2.05) is 30.5 Å². The van der Waals surface area contributed by atoms with Crippen LogP contribution in [0.1, 0.15) is 25.5 Å². The minimum Gasteiger partial charge on any atom is -0.344 e. The molecule has 1 aliphatic heterocycles. The summed E-state index contributed by atoms with van der Waals surface area (Å²) in [7, 11) is 0. The van der Waals surface area contributed by atoms with Crippen molar-refractivity contribution in [1.82, 2.24) is 9.88 Å². The predicted molar refractivity (Wildman–Crippen MR) is 113 cm³/mol. The van der Waals surface area contributed by atoms with Gasteiger partial charge in [0.25, 0.3) is 11.8 Å². The number of hydrogen-bond acceptors (Lipinski definition) is 3. The van der Waals surface area contributed by atoms with E-state index < -0.39 is 17.8 Å². The molecule has 1 aliphatic rings. The van der Waals surface area contributed by atoms with Gasteiger partial charge in [-0.15, -0.1) is 0 Å². The molecule has 146 valence electrons. The monoisotopic (exact) mass is 407 g/mol. The van der Waals surface area contributed by atoms with Gasteiger partial charge in [-0.2, -0.15) is 0 Å². The van der Waals surface area contributed by atoms with Crippen molar-refractivity contribution in [3.63, 3.8) is 0 Å². The van der Waals surface area contributed by atoms with Crippen molar-refractivity contribution in [3.8, 4) is 0 Å². The Bertz CT molecular complexity index is 1180. The summed E-state index contributed by atoms with van der Waals surface area (Å²) in [6.45, 7) is 4.12. The summed E-state index contributed by atoms with van der Waals surface area (Å²) in [6, 6.07) is 13.5. The molecule has 0 bridgehead atoms. The summed E-state index contributed by atoms with van der Waals surface area (Å²) >= 11 is 5.89. The molecular formula is C22H18ClN3O3. The Hall–Kier alpha value is -3.38. The molecule has 29 heavy (non-hydrogen) atoms. The fourth-order valence-corrected chi connectivity index (χ4v) is 3.54. The maximum absolute atomic E-state index is 13.0. The highest BCUT2D eigenvalue weighted by atomic mass is 35.5. The maximum atomic E-state index is 13.0. The van der Waals surface area contributed by atoms with E-state index in [4.69, 9.17) is 11.6 Å². The van der Waals surface area contributed by atoms with E-state index >= 15 is 0 Å². The van der Waals surface area contributed by atoms with Crippen molar-refractivity contribution in [1.29, 1.82) is 0 Å². The molecule has 1 aromatic heterocycles. The molecule has 2 heterocycles. The van der Waals surface area contributed by atoms with Crippen LogP contribution in [0.2, 0.25) is 5.02 Å². The molecule has 1 N–H and O–H groups in total. The number of imide groups is 2. The predicted octanol–water partition coefficient (Wildman–Crippen LogP) is 4.54. The summed E-state index contributed by atoms with van der Waals surface area (Å²) in [5.41, 5.74) is 1.97. The Balaban J connectivity index is 1.82. The van der Waals surface area contributed by atoms with Gasteiger partial charge in [-0.25, -0.2) is 9.69 Å². The number of rotatable bonds is 3. The van der Waals surface area contributed by atoms with Gasteiger partial charge in [0.2, 0.25) is 0 Å². The largest absolute Gasteiger partial charge is 0.344 e. The second-order valence-corrected chi connectivity index (χ2v) is 7.47. The number of fused-ring (bicyclic) bond motifs is 1. The normalized spacial score (nSPS) is 16.2. The topological polar surface area (TPSA) is 71.4 Å². The molecule has 0 atom stereocenters. The van der Waals surface area contributed by atoms with Crippen molar-refractivity contribution in [2.75, 3.05) is 4.90 Å². The first kappa shape index (κ1) is 19.0. The summed E-state index contributed by atoms with van der Waals surface area (Å²) in [4.78, 5) is 38.7. The van der Waals surface area contributed by atoms with E-state index in [0.29, 0.717) is 10.7 Å². The van der Waals surface area contributed by atoms with E-state index in [9.17, 15) is 14.4 Å². The highest BCUT2D eigenvalue weighted by molar-refractivity contribution is 6.39. The summed E-state index contributed by atoms with van der Waals surface area (Å²) in [6.07, 6.45) is 3.44. The summed E-state index contributed by atoms with van der Waals surface area (Å²) in [5.74, 6) is -1.39. The fourth-order valence-electron chi connectivity index (χ4n) is 3.41. The Morgan fingerprint density at radius 1 is 1.00 bits per heavy atom. The van der Waals surface area contributed by atoms with Gasteiger partial charge in [-0.05, 0) is 50.3 Å². The first-order chi connectivity index (χ1) is 13.9. The number of amides is 4. The average molecular weight is 408 g/mol. The molecule has 7 heteroatoms. The zero-order chi connectivity index (χ0) is 20.7. The van der Waals surface area contributed by atoms with Gasteiger partial charge in [0, 0.05) is 33.7 Å². The van der Waals surface area contributed by atoms with Crippen LogP contribution in [0, 0.1) is 0 Å². The van der Waals surface area contributed by atoms with Crippen molar-refractivity contribution in [2.24, 2.45) is 0 Å². The summed E-state index contributed by atoms with van der Waals surface area (Å²) < 4.78 is 2.08. The highest BCUT2D eigenvalue weighted by Gasteiger charge is 2.37. The maximum Gasteiger partial charge on any atom is 0.335 e. The van der Waals surface area contributed by atoms with Crippen molar-refractivity contribution in [3.05, 3.63) is 70.9 Å². The molecule has 0 aliphatic carbocycles. The van der Waals surface area contributed by atoms with Crippen LogP contribution in [0.5, 0.6) is 0 Å². The Morgan fingerprint density at radius 2 is 1.69 bits per heavy atom. The van der Waals surface area contributed by atoms with Crippen molar-refractivity contribution in [2.45, 2.75) is 19.9 Å². The molecule has 0 spiro atoms. The average Bonchev–Trinajstić information content (AvgIpc) is 3.05. The van der Waals surface area contributed by atoms with Crippen LogP contribution >= 0.6 is 11.6 Å². The zero-order valence-electron chi connectivity index (χ0n) is 15.8. The Labute approximate surface area is 172 Å². The number of barbiturate groups is 1. The van der Waals surface area contributed by atoms with Crippen LogP contribution in [0.3, 0.4) is 0 Å². The standard InChI is InChI=1S/C22H18ClN3O3/c1-13(2)25-12-14(17-5-3-4-6-19(17)25)11-18-20(27)24-22(29)26(21(18)28)16-9-7-15(23)8-10-16/h3-13H,1-2H3,(H,24,27,29)/b18-11-. The van der Waals surface area contributed by atoms with Crippen molar-refractivity contribution >= 4 is 52.1 Å². The summed E-state index contributed by atoms with van der Waals surface area (Å²) in [5, 5.41) is 3.64. The van der Waals surface area contributed by atoms with E-state index in [2.05, 4.69) is 23.7 Å². The van der Waals surface area contributed by atoms with Gasteiger partial charge >= 0.3 is 6.03 Å². The minimum atomic E-state index is -0.788. The highest BCUT2D eigenvalue weighted by Crippen LogP contribution is 2.28. The van der Waals surface area contributed by atoms with Crippen LogP contribution in [0.25, 0.3) is 17.0 Å². The van der Waals surface area contributed by atoms with Gasteiger partial charge < -0.3 is 4.57 Å². The third kappa shape index (κ3) is 3.32. The molecule has 3 aromatic rings. The molecule has 0 saturated carbocycles. The van der Waals surface area contributed by atoms with Gasteiger partial charge in [-0.1, -0.05) is 29.8 Å². The Kier molecular flexibility index (Phi) is 4.72. The first-order valence-electron chi connectivity index (χ1n) is 9.13. The van der Waals surface area contributed by atoms with Crippen LogP contribution in [-0.4, -0.2) is 22.4 Å². The quantitative estimate of drug-likeness (QED) is 0.511. The number of urea groups is 1. The third-order valence-electron chi connectivity index (χ3n) is 4.81. The number of aromatic nitrogens is 1. The van der Waals surface area contributed by atoms with Crippen LogP contribution < -0.4 is 10.2 Å². The molecule has 2 aromatic carbocycles. The second kappa shape index (κ2) is 7.22. The number of carbonyl (C=O) groups is 3. The molecule has 0 unspecified atom stereocenters. The fraction of sp³-hybridized carbons (Fsp3) is 0.136. The van der Waals surface area contributed by atoms with E-state index in [0.717, 1.165) is 21.4 Å². The number of hydrogen-bond donors (Lipinski definition) is 1. The van der Waals surface area contributed by atoms with E-state index in [1.54, 1.807) is 24.3 Å². The molecule has 6 nitrogen and oxygen atoms in total. The van der Waals surface area contributed by atoms with Gasteiger partial charge in [-0.3, -0.25) is 14.9 Å². The number of anilines is 1. The SMILES string of the molecule is CC(C)n1cc(/C=C2/C(=O)NC(=O)N(c3ccc(Cl)cc3)C2=O)c2ccccc21. The minimum absolute atomic E-state index is 0.105. The third-order valence-corrected chi connectivity index (χ3v) is 5.07. The lowest BCUT2D eigenvalue weighted by Crippen LogP contribution is -2.54. The Morgan fingerprint density at radius 3 is 2.38 bits per heavy atom. The number of halogens is 1. The lowest BCUT2D eigenvalue weighted by Gasteiger charge is -2.26. The van der Waals surface area contributed by atoms with Gasteiger partial charge in [0.05, 0.1) is 5.69 Å². The smallest absolute Gasteiger partial charge is 0.335 e. The lowest BCUT2D eigenvalue weighted by atomic mass is 10.1. The van der Waals surface area contributed by atoms with Crippen LogP contribution in [0.4, 0.5) is 10.5 Å². The molecule has 4 rings (SSSR count). The molecule has 0 radical (unpaired) electrons.